The molecule has 1 saturated heterocycles. The Hall–Kier alpha value is -2.86. The first-order chi connectivity index (χ1) is 15.1. The lowest BCUT2D eigenvalue weighted by atomic mass is 10.0. The lowest BCUT2D eigenvalue weighted by Crippen LogP contribution is -2.39. The summed E-state index contributed by atoms with van der Waals surface area (Å²) in [4.78, 5) is 15.2. The third kappa shape index (κ3) is 5.25. The molecule has 2 heterocycles. The molecule has 0 unspecified atom stereocenters. The van der Waals surface area contributed by atoms with Crippen molar-refractivity contribution >= 4 is 16.8 Å². The van der Waals surface area contributed by atoms with Crippen molar-refractivity contribution in [2.45, 2.75) is 45.2 Å². The van der Waals surface area contributed by atoms with Gasteiger partial charge in [-0.2, -0.15) is 5.10 Å². The molecule has 0 bridgehead atoms. The van der Waals surface area contributed by atoms with Crippen molar-refractivity contribution in [2.75, 3.05) is 26.7 Å². The number of amides is 1. The Morgan fingerprint density at radius 2 is 2.13 bits per heavy atom. The summed E-state index contributed by atoms with van der Waals surface area (Å²) in [5.41, 5.74) is 2.73. The molecular formula is C25H32N4O2. The summed E-state index contributed by atoms with van der Waals surface area (Å²) < 4.78 is 7.25. The second-order valence-corrected chi connectivity index (χ2v) is 8.42. The number of hydrogen-bond acceptors (Lipinski definition) is 4. The molecule has 1 amide bonds. The standard InChI is InChI=1S/C25H32N4O2/c1-19-7-3-4-13-28(19)14-6-12-26-25(30)21-10-11-22-17-27-29(24(22)16-21)18-20-8-5-9-23(15-20)31-2/h5,8-11,15-17,19H,3-4,6-7,12-14,18H2,1-2H3,(H,26,30)/t19-/m0/s1. The van der Waals surface area contributed by atoms with Gasteiger partial charge in [-0.3, -0.25) is 9.48 Å². The Kier molecular flexibility index (Phi) is 6.87. The smallest absolute Gasteiger partial charge is 0.251 e. The van der Waals surface area contributed by atoms with E-state index in [2.05, 4.69) is 28.3 Å². The monoisotopic (exact) mass is 420 g/mol. The van der Waals surface area contributed by atoms with Gasteiger partial charge in [-0.25, -0.2) is 0 Å². The summed E-state index contributed by atoms with van der Waals surface area (Å²) in [6.07, 6.45) is 6.74. The van der Waals surface area contributed by atoms with Crippen molar-refractivity contribution in [3.63, 3.8) is 0 Å². The number of carbonyl (C=O) groups excluding carboxylic acids is 1. The number of methoxy groups -OCH3 is 1. The predicted octanol–water partition coefficient (Wildman–Crippen LogP) is 4.09. The van der Waals surface area contributed by atoms with Gasteiger partial charge in [-0.15, -0.1) is 0 Å². The zero-order valence-corrected chi connectivity index (χ0v) is 18.5. The Morgan fingerprint density at radius 1 is 1.23 bits per heavy atom. The summed E-state index contributed by atoms with van der Waals surface area (Å²) in [6, 6.07) is 14.4. The first-order valence-electron chi connectivity index (χ1n) is 11.2. The van der Waals surface area contributed by atoms with Crippen LogP contribution >= 0.6 is 0 Å². The van der Waals surface area contributed by atoms with Crippen LogP contribution < -0.4 is 10.1 Å². The van der Waals surface area contributed by atoms with E-state index >= 15 is 0 Å². The minimum Gasteiger partial charge on any atom is -0.497 e. The maximum absolute atomic E-state index is 12.7. The van der Waals surface area contributed by atoms with Crippen molar-refractivity contribution in [3.8, 4) is 5.75 Å². The van der Waals surface area contributed by atoms with Gasteiger partial charge in [0.15, 0.2) is 0 Å². The number of nitrogens with one attached hydrogen (secondary N) is 1. The summed E-state index contributed by atoms with van der Waals surface area (Å²) in [7, 11) is 1.67. The molecule has 0 spiro atoms. The van der Waals surface area contributed by atoms with Gasteiger partial charge < -0.3 is 15.0 Å². The number of fused-ring (bicyclic) bond motifs is 1. The Labute approximate surface area is 184 Å². The van der Waals surface area contributed by atoms with Gasteiger partial charge in [0, 0.05) is 30.1 Å². The van der Waals surface area contributed by atoms with Crippen LogP contribution in [0.25, 0.3) is 10.9 Å². The van der Waals surface area contributed by atoms with E-state index in [9.17, 15) is 4.79 Å². The molecule has 1 aliphatic rings. The van der Waals surface area contributed by atoms with Crippen molar-refractivity contribution < 1.29 is 9.53 Å². The van der Waals surface area contributed by atoms with Gasteiger partial charge in [0.05, 0.1) is 25.4 Å². The van der Waals surface area contributed by atoms with Crippen LogP contribution in [0.15, 0.2) is 48.7 Å². The maximum Gasteiger partial charge on any atom is 0.251 e. The van der Waals surface area contributed by atoms with Crippen molar-refractivity contribution in [2.24, 2.45) is 0 Å². The lowest BCUT2D eigenvalue weighted by molar-refractivity contribution is 0.0949. The van der Waals surface area contributed by atoms with Crippen molar-refractivity contribution in [1.29, 1.82) is 0 Å². The molecule has 1 atom stereocenters. The molecule has 4 rings (SSSR count). The molecule has 6 heteroatoms. The van der Waals surface area contributed by atoms with Gasteiger partial charge >= 0.3 is 0 Å². The maximum atomic E-state index is 12.7. The Morgan fingerprint density at radius 3 is 2.97 bits per heavy atom. The minimum atomic E-state index is -0.0253. The highest BCUT2D eigenvalue weighted by atomic mass is 16.5. The number of likely N-dealkylation sites (tertiary alicyclic amines) is 1. The van der Waals surface area contributed by atoms with Crippen LogP contribution in [0.1, 0.15) is 48.5 Å². The quantitative estimate of drug-likeness (QED) is 0.558. The number of ether oxygens (including phenoxy) is 1. The van der Waals surface area contributed by atoms with E-state index in [0.717, 1.165) is 35.2 Å². The van der Waals surface area contributed by atoms with E-state index in [-0.39, 0.29) is 5.91 Å². The predicted molar refractivity (Wildman–Crippen MR) is 124 cm³/mol. The molecule has 31 heavy (non-hydrogen) atoms. The SMILES string of the molecule is COc1cccc(Cn2ncc3ccc(C(=O)NCCCN4CCCC[C@@H]4C)cc32)c1. The molecule has 0 aliphatic carbocycles. The molecule has 1 aromatic heterocycles. The highest BCUT2D eigenvalue weighted by Crippen LogP contribution is 2.19. The normalized spacial score (nSPS) is 17.0. The minimum absolute atomic E-state index is 0.0253. The van der Waals surface area contributed by atoms with Crippen LogP contribution in [0.5, 0.6) is 5.75 Å². The molecule has 1 N–H and O–H groups in total. The average molecular weight is 421 g/mol. The number of hydrogen-bond donors (Lipinski definition) is 1. The second-order valence-electron chi connectivity index (χ2n) is 8.42. The van der Waals surface area contributed by atoms with E-state index < -0.39 is 0 Å². The number of nitrogens with zero attached hydrogens (tertiary/aromatic N) is 3. The zero-order valence-electron chi connectivity index (χ0n) is 18.5. The van der Waals surface area contributed by atoms with Crippen LogP contribution in [-0.4, -0.2) is 53.4 Å². The molecule has 6 nitrogen and oxygen atoms in total. The molecule has 3 aromatic rings. The third-order valence-corrected chi connectivity index (χ3v) is 6.22. The molecule has 1 fully saturated rings. The van der Waals surface area contributed by atoms with Crippen molar-refractivity contribution in [3.05, 3.63) is 59.8 Å². The summed E-state index contributed by atoms with van der Waals surface area (Å²) >= 11 is 0. The summed E-state index contributed by atoms with van der Waals surface area (Å²) in [5.74, 6) is 0.802. The van der Waals surface area contributed by atoms with Gasteiger partial charge in [0.1, 0.15) is 5.75 Å². The first-order valence-corrected chi connectivity index (χ1v) is 11.2. The van der Waals surface area contributed by atoms with Gasteiger partial charge in [-0.05, 0) is 62.6 Å². The molecule has 2 aromatic carbocycles. The highest BCUT2D eigenvalue weighted by molar-refractivity contribution is 5.97. The molecule has 1 aliphatic heterocycles. The fraction of sp³-hybridized carbons (Fsp3) is 0.440. The number of carbonyl (C=O) groups is 1. The Balaban J connectivity index is 1.37. The number of piperidine rings is 1. The number of rotatable bonds is 8. The fourth-order valence-electron chi connectivity index (χ4n) is 4.36. The van der Waals surface area contributed by atoms with Gasteiger partial charge in [0.2, 0.25) is 0 Å². The first kappa shape index (κ1) is 21.4. The highest BCUT2D eigenvalue weighted by Gasteiger charge is 2.17. The molecule has 0 saturated carbocycles. The second kappa shape index (κ2) is 9.96. The lowest BCUT2D eigenvalue weighted by Gasteiger charge is -2.33. The van der Waals surface area contributed by atoms with E-state index in [1.807, 2.05) is 47.3 Å². The number of aromatic nitrogens is 2. The summed E-state index contributed by atoms with van der Waals surface area (Å²) in [6.45, 7) is 5.86. The van der Waals surface area contributed by atoms with Crippen LogP contribution in [0.4, 0.5) is 0 Å². The van der Waals surface area contributed by atoms with E-state index in [0.29, 0.717) is 24.7 Å². The molecule has 164 valence electrons. The van der Waals surface area contributed by atoms with E-state index in [4.69, 9.17) is 4.74 Å². The van der Waals surface area contributed by atoms with Crippen LogP contribution in [0, 0.1) is 0 Å². The zero-order chi connectivity index (χ0) is 21.6. The van der Waals surface area contributed by atoms with Crippen LogP contribution in [0.3, 0.4) is 0 Å². The molecular weight excluding hydrogens is 388 g/mol. The number of benzene rings is 2. The summed E-state index contributed by atoms with van der Waals surface area (Å²) in [5, 5.41) is 8.63. The van der Waals surface area contributed by atoms with Gasteiger partial charge in [0.25, 0.3) is 5.91 Å². The van der Waals surface area contributed by atoms with Crippen LogP contribution in [-0.2, 0) is 6.54 Å². The third-order valence-electron chi connectivity index (χ3n) is 6.22. The Bertz CT molecular complexity index is 1030. The van der Waals surface area contributed by atoms with Gasteiger partial charge in [-0.1, -0.05) is 24.6 Å². The fourth-order valence-corrected chi connectivity index (χ4v) is 4.36. The average Bonchev–Trinajstić information content (AvgIpc) is 3.19. The largest absolute Gasteiger partial charge is 0.497 e. The van der Waals surface area contributed by atoms with E-state index in [1.54, 1.807) is 7.11 Å². The van der Waals surface area contributed by atoms with Crippen molar-refractivity contribution in [1.82, 2.24) is 20.0 Å². The van der Waals surface area contributed by atoms with Crippen LogP contribution in [0.2, 0.25) is 0 Å². The molecule has 0 radical (unpaired) electrons. The topological polar surface area (TPSA) is 59.4 Å². The van der Waals surface area contributed by atoms with E-state index in [1.165, 1.54) is 25.8 Å².